The van der Waals surface area contributed by atoms with E-state index in [1.54, 1.807) is 6.92 Å². The molecule has 0 amide bonds. The van der Waals surface area contributed by atoms with Gasteiger partial charge in [0.2, 0.25) is 0 Å². The van der Waals surface area contributed by atoms with Crippen molar-refractivity contribution in [2.75, 3.05) is 6.61 Å². The number of hydrogen-bond acceptors (Lipinski definition) is 3. The standard InChI is InChI=1S/C13H11F3N2O3/c1-2-21-12(20)8-3-5-9(6-4-8)18-11(19)7-10(17-18)13(14,15)16/h3-7,17H,2H2,1H3. The zero-order valence-corrected chi connectivity index (χ0v) is 10.9. The molecule has 0 aliphatic rings. The van der Waals surface area contributed by atoms with Gasteiger partial charge >= 0.3 is 12.1 Å². The van der Waals surface area contributed by atoms with Gasteiger partial charge in [-0.15, -0.1) is 0 Å². The summed E-state index contributed by atoms with van der Waals surface area (Å²) in [6.07, 6.45) is -4.63. The molecule has 112 valence electrons. The highest BCUT2D eigenvalue weighted by Crippen LogP contribution is 2.26. The van der Waals surface area contributed by atoms with E-state index in [-0.39, 0.29) is 17.9 Å². The van der Waals surface area contributed by atoms with Crippen molar-refractivity contribution in [3.63, 3.8) is 0 Å². The number of aromatic nitrogens is 2. The monoisotopic (exact) mass is 300 g/mol. The number of aromatic amines is 1. The Bertz CT molecular complexity index is 699. The van der Waals surface area contributed by atoms with E-state index < -0.39 is 23.4 Å². The summed E-state index contributed by atoms with van der Waals surface area (Å²) in [6.45, 7) is 1.87. The number of rotatable bonds is 3. The Balaban J connectivity index is 2.33. The van der Waals surface area contributed by atoms with E-state index in [0.717, 1.165) is 4.68 Å². The van der Waals surface area contributed by atoms with Crippen LogP contribution in [0, 0.1) is 0 Å². The normalized spacial score (nSPS) is 11.4. The predicted molar refractivity (Wildman–Crippen MR) is 67.3 cm³/mol. The van der Waals surface area contributed by atoms with Crippen LogP contribution in [0.4, 0.5) is 13.2 Å². The molecule has 21 heavy (non-hydrogen) atoms. The van der Waals surface area contributed by atoms with Crippen molar-refractivity contribution in [3.8, 4) is 5.69 Å². The minimum Gasteiger partial charge on any atom is -0.462 e. The van der Waals surface area contributed by atoms with E-state index in [1.807, 2.05) is 5.10 Å². The molecule has 0 aliphatic carbocycles. The van der Waals surface area contributed by atoms with Crippen LogP contribution < -0.4 is 5.56 Å². The molecule has 5 nitrogen and oxygen atoms in total. The molecule has 0 fully saturated rings. The fourth-order valence-electron chi connectivity index (χ4n) is 1.69. The van der Waals surface area contributed by atoms with Gasteiger partial charge in [0.1, 0.15) is 5.69 Å². The van der Waals surface area contributed by atoms with Gasteiger partial charge in [-0.05, 0) is 31.2 Å². The molecule has 0 radical (unpaired) electrons. The van der Waals surface area contributed by atoms with Gasteiger partial charge in [0.05, 0.1) is 17.9 Å². The average Bonchev–Trinajstić information content (AvgIpc) is 2.81. The third-order valence-electron chi connectivity index (χ3n) is 2.66. The largest absolute Gasteiger partial charge is 0.462 e. The van der Waals surface area contributed by atoms with Crippen LogP contribution in [0.3, 0.4) is 0 Å². The maximum Gasteiger partial charge on any atom is 0.432 e. The summed E-state index contributed by atoms with van der Waals surface area (Å²) in [4.78, 5) is 23.0. The maximum absolute atomic E-state index is 12.5. The summed E-state index contributed by atoms with van der Waals surface area (Å²) in [6, 6.07) is 5.91. The first-order valence-corrected chi connectivity index (χ1v) is 5.99. The van der Waals surface area contributed by atoms with Crippen molar-refractivity contribution in [2.24, 2.45) is 0 Å². The van der Waals surface area contributed by atoms with E-state index >= 15 is 0 Å². The van der Waals surface area contributed by atoms with Crippen LogP contribution in [0.15, 0.2) is 35.1 Å². The number of alkyl halides is 3. The van der Waals surface area contributed by atoms with Gasteiger partial charge in [-0.1, -0.05) is 0 Å². The van der Waals surface area contributed by atoms with Crippen LogP contribution in [0.5, 0.6) is 0 Å². The van der Waals surface area contributed by atoms with Gasteiger partial charge in [0, 0.05) is 6.07 Å². The number of halogens is 3. The van der Waals surface area contributed by atoms with Crippen molar-refractivity contribution in [1.29, 1.82) is 0 Å². The lowest BCUT2D eigenvalue weighted by Gasteiger charge is -2.05. The van der Waals surface area contributed by atoms with Gasteiger partial charge in [-0.3, -0.25) is 9.89 Å². The third-order valence-corrected chi connectivity index (χ3v) is 2.66. The molecule has 8 heteroatoms. The van der Waals surface area contributed by atoms with Gasteiger partial charge in [0.25, 0.3) is 5.56 Å². The molecule has 0 saturated carbocycles. The number of ether oxygens (including phenoxy) is 1. The molecule has 1 aromatic heterocycles. The quantitative estimate of drug-likeness (QED) is 0.885. The lowest BCUT2D eigenvalue weighted by Crippen LogP contribution is -2.14. The minimum absolute atomic E-state index is 0.184. The summed E-state index contributed by atoms with van der Waals surface area (Å²) in [7, 11) is 0. The Morgan fingerprint density at radius 1 is 1.29 bits per heavy atom. The maximum atomic E-state index is 12.5. The number of H-pyrrole nitrogens is 1. The number of carbonyl (C=O) groups excluding carboxylic acids is 1. The summed E-state index contributed by atoms with van der Waals surface area (Å²) in [5.74, 6) is -0.543. The van der Waals surface area contributed by atoms with Gasteiger partial charge in [0.15, 0.2) is 0 Å². The van der Waals surface area contributed by atoms with Crippen molar-refractivity contribution >= 4 is 5.97 Å². The van der Waals surface area contributed by atoms with Crippen LogP contribution >= 0.6 is 0 Å². The summed E-state index contributed by atoms with van der Waals surface area (Å²) >= 11 is 0. The van der Waals surface area contributed by atoms with Crippen molar-refractivity contribution in [3.05, 3.63) is 51.9 Å². The number of nitrogens with one attached hydrogen (secondary N) is 1. The highest BCUT2D eigenvalue weighted by Gasteiger charge is 2.33. The van der Waals surface area contributed by atoms with Crippen LogP contribution in [-0.4, -0.2) is 22.4 Å². The fraction of sp³-hybridized carbons (Fsp3) is 0.231. The Morgan fingerprint density at radius 2 is 1.90 bits per heavy atom. The van der Waals surface area contributed by atoms with E-state index in [0.29, 0.717) is 6.07 Å². The van der Waals surface area contributed by atoms with Crippen LogP contribution in [0.2, 0.25) is 0 Å². The molecule has 0 saturated heterocycles. The van der Waals surface area contributed by atoms with Crippen LogP contribution in [0.1, 0.15) is 23.0 Å². The zero-order chi connectivity index (χ0) is 15.6. The first-order valence-electron chi connectivity index (χ1n) is 5.99. The average molecular weight is 300 g/mol. The topological polar surface area (TPSA) is 64.1 Å². The predicted octanol–water partition coefficient (Wildman–Crippen LogP) is 2.36. The Kier molecular flexibility index (Phi) is 3.88. The lowest BCUT2D eigenvalue weighted by molar-refractivity contribution is -0.141. The van der Waals surface area contributed by atoms with E-state index in [9.17, 15) is 22.8 Å². The van der Waals surface area contributed by atoms with Crippen LogP contribution in [0.25, 0.3) is 5.69 Å². The molecular formula is C13H11F3N2O3. The van der Waals surface area contributed by atoms with Crippen molar-refractivity contribution < 1.29 is 22.7 Å². The number of esters is 1. The first-order chi connectivity index (χ1) is 9.82. The van der Waals surface area contributed by atoms with Gasteiger partial charge in [-0.25, -0.2) is 9.48 Å². The van der Waals surface area contributed by atoms with Gasteiger partial charge in [-0.2, -0.15) is 13.2 Å². The summed E-state index contributed by atoms with van der Waals surface area (Å²) < 4.78 is 43.1. The summed E-state index contributed by atoms with van der Waals surface area (Å²) in [5.41, 5.74) is -1.55. The number of benzene rings is 1. The SMILES string of the molecule is CCOC(=O)c1ccc(-n2[nH]c(C(F)(F)F)cc2=O)cc1. The molecule has 0 bridgehead atoms. The molecule has 0 spiro atoms. The second-order valence-corrected chi connectivity index (χ2v) is 4.11. The Morgan fingerprint density at radius 3 is 2.38 bits per heavy atom. The Labute approximate surface area is 116 Å². The summed E-state index contributed by atoms with van der Waals surface area (Å²) in [5, 5.41) is 1.97. The lowest BCUT2D eigenvalue weighted by atomic mass is 10.2. The van der Waals surface area contributed by atoms with E-state index in [1.165, 1.54) is 24.3 Å². The molecule has 0 unspecified atom stereocenters. The number of hydrogen-bond donors (Lipinski definition) is 1. The number of carbonyl (C=O) groups is 1. The third kappa shape index (κ3) is 3.15. The second kappa shape index (κ2) is 5.47. The number of nitrogens with zero attached hydrogens (tertiary/aromatic N) is 1. The molecule has 2 aromatic rings. The molecule has 0 aliphatic heterocycles. The van der Waals surface area contributed by atoms with Crippen molar-refractivity contribution in [2.45, 2.75) is 13.1 Å². The smallest absolute Gasteiger partial charge is 0.432 e. The zero-order valence-electron chi connectivity index (χ0n) is 10.9. The van der Waals surface area contributed by atoms with Gasteiger partial charge < -0.3 is 4.74 Å². The molecule has 2 rings (SSSR count). The molecule has 1 N–H and O–H groups in total. The Hall–Kier alpha value is -2.51. The van der Waals surface area contributed by atoms with Crippen molar-refractivity contribution in [1.82, 2.24) is 9.78 Å². The highest BCUT2D eigenvalue weighted by atomic mass is 19.4. The molecule has 0 atom stereocenters. The second-order valence-electron chi connectivity index (χ2n) is 4.11. The minimum atomic E-state index is -4.63. The highest BCUT2D eigenvalue weighted by molar-refractivity contribution is 5.89. The van der Waals surface area contributed by atoms with E-state index in [2.05, 4.69) is 0 Å². The fourth-order valence-corrected chi connectivity index (χ4v) is 1.69. The van der Waals surface area contributed by atoms with E-state index in [4.69, 9.17) is 4.74 Å². The molecular weight excluding hydrogens is 289 g/mol. The molecule has 1 heterocycles. The molecule has 1 aromatic carbocycles. The van der Waals surface area contributed by atoms with Crippen LogP contribution in [-0.2, 0) is 10.9 Å². The first kappa shape index (κ1) is 14.9.